The molecule has 3 N–H and O–H groups in total. The van der Waals surface area contributed by atoms with Gasteiger partial charge in [-0.3, -0.25) is 4.55 Å². The molecule has 0 unspecified atom stereocenters. The van der Waals surface area contributed by atoms with Crippen molar-refractivity contribution in [1.29, 1.82) is 0 Å². The highest BCUT2D eigenvalue weighted by Crippen LogP contribution is 2.20. The average Bonchev–Trinajstić information content (AvgIpc) is 1.98. The molecular formula is C9H14O4S. The predicted octanol–water partition coefficient (Wildman–Crippen LogP) is 1.03. The number of rotatable bonds is 1. The molecule has 0 saturated heterocycles. The minimum Gasteiger partial charge on any atom is -0.412 e. The van der Waals surface area contributed by atoms with Gasteiger partial charge in [0, 0.05) is 0 Å². The topological polar surface area (TPSA) is 85.9 Å². The van der Waals surface area contributed by atoms with Gasteiger partial charge in [0.25, 0.3) is 10.1 Å². The van der Waals surface area contributed by atoms with Crippen LogP contribution in [0.25, 0.3) is 0 Å². The maximum atomic E-state index is 10.9. The molecule has 1 rings (SSSR count). The highest BCUT2D eigenvalue weighted by atomic mass is 32.2. The molecule has 4 nitrogen and oxygen atoms in total. The first-order valence-corrected chi connectivity index (χ1v) is 5.32. The summed E-state index contributed by atoms with van der Waals surface area (Å²) in [4.78, 5) is -0.00407. The van der Waals surface area contributed by atoms with Gasteiger partial charge in [0.1, 0.15) is 0 Å². The standard InChI is InChI=1S/C9H12O3S.H2O/c1-6-4-5-9(13(10,11)12)8(3)7(6)2;/h4-5H,1-3H3,(H,10,11,12);1H2. The van der Waals surface area contributed by atoms with E-state index in [1.165, 1.54) is 6.07 Å². The molecule has 0 aliphatic carbocycles. The van der Waals surface area contributed by atoms with Gasteiger partial charge in [0.15, 0.2) is 0 Å². The lowest BCUT2D eigenvalue weighted by Crippen LogP contribution is -2.02. The highest BCUT2D eigenvalue weighted by molar-refractivity contribution is 7.85. The van der Waals surface area contributed by atoms with Gasteiger partial charge in [-0.25, -0.2) is 0 Å². The first-order chi connectivity index (χ1) is 5.84. The Hall–Kier alpha value is -0.910. The predicted molar refractivity (Wildman–Crippen MR) is 54.1 cm³/mol. The molecule has 5 heteroatoms. The molecule has 0 spiro atoms. The fraction of sp³-hybridized carbons (Fsp3) is 0.333. The normalized spacial score (nSPS) is 10.9. The first-order valence-electron chi connectivity index (χ1n) is 3.88. The third-order valence-electron chi connectivity index (χ3n) is 2.29. The third kappa shape index (κ3) is 2.31. The lowest BCUT2D eigenvalue weighted by molar-refractivity contribution is 0.482. The van der Waals surface area contributed by atoms with Crippen LogP contribution < -0.4 is 0 Å². The molecule has 14 heavy (non-hydrogen) atoms. The Morgan fingerprint density at radius 2 is 1.57 bits per heavy atom. The van der Waals surface area contributed by atoms with Crippen molar-refractivity contribution >= 4 is 10.1 Å². The van der Waals surface area contributed by atoms with Gasteiger partial charge in [-0.2, -0.15) is 8.42 Å². The fourth-order valence-electron chi connectivity index (χ4n) is 1.21. The minimum absolute atomic E-state index is 0. The van der Waals surface area contributed by atoms with E-state index in [0.29, 0.717) is 5.56 Å². The average molecular weight is 218 g/mol. The Morgan fingerprint density at radius 3 is 2.00 bits per heavy atom. The van der Waals surface area contributed by atoms with Crippen LogP contribution in [0.1, 0.15) is 16.7 Å². The van der Waals surface area contributed by atoms with Crippen molar-refractivity contribution in [3.63, 3.8) is 0 Å². The Kier molecular flexibility index (Phi) is 3.81. The number of hydrogen-bond acceptors (Lipinski definition) is 2. The van der Waals surface area contributed by atoms with Crippen LogP contribution in [0.15, 0.2) is 17.0 Å². The van der Waals surface area contributed by atoms with E-state index in [1.807, 2.05) is 13.8 Å². The summed E-state index contributed by atoms with van der Waals surface area (Å²) in [5, 5.41) is 0. The van der Waals surface area contributed by atoms with Crippen LogP contribution in [-0.4, -0.2) is 18.4 Å². The monoisotopic (exact) mass is 218 g/mol. The molecule has 0 radical (unpaired) electrons. The third-order valence-corrected chi connectivity index (χ3v) is 3.28. The van der Waals surface area contributed by atoms with Crippen LogP contribution >= 0.6 is 0 Å². The van der Waals surface area contributed by atoms with E-state index in [0.717, 1.165) is 11.1 Å². The molecule has 0 aliphatic rings. The van der Waals surface area contributed by atoms with Crippen molar-refractivity contribution in [3.8, 4) is 0 Å². The van der Waals surface area contributed by atoms with Gasteiger partial charge in [-0.15, -0.1) is 0 Å². The van der Waals surface area contributed by atoms with Gasteiger partial charge in [-0.05, 0) is 43.5 Å². The molecule has 1 aromatic carbocycles. The summed E-state index contributed by atoms with van der Waals surface area (Å²) in [5.41, 5.74) is 2.53. The smallest absolute Gasteiger partial charge is 0.294 e. The van der Waals surface area contributed by atoms with E-state index in [1.54, 1.807) is 13.0 Å². The summed E-state index contributed by atoms with van der Waals surface area (Å²) in [6.45, 7) is 5.42. The van der Waals surface area contributed by atoms with E-state index >= 15 is 0 Å². The van der Waals surface area contributed by atoms with Gasteiger partial charge in [-0.1, -0.05) is 6.07 Å². The number of aryl methyl sites for hydroxylation is 1. The van der Waals surface area contributed by atoms with Crippen LogP contribution in [0, 0.1) is 20.8 Å². The molecule has 0 saturated carbocycles. The van der Waals surface area contributed by atoms with Gasteiger partial charge in [0.05, 0.1) is 4.90 Å². The second kappa shape index (κ2) is 4.08. The van der Waals surface area contributed by atoms with E-state index in [9.17, 15) is 8.42 Å². The second-order valence-corrected chi connectivity index (χ2v) is 4.50. The first kappa shape index (κ1) is 13.1. The number of hydrogen-bond donors (Lipinski definition) is 1. The zero-order chi connectivity index (χ0) is 10.2. The zero-order valence-corrected chi connectivity index (χ0v) is 9.14. The SMILES string of the molecule is Cc1ccc(S(=O)(=O)O)c(C)c1C.O. The molecule has 80 valence electrons. The molecule has 0 heterocycles. The van der Waals surface area contributed by atoms with Crippen LogP contribution in [0.5, 0.6) is 0 Å². The van der Waals surface area contributed by atoms with E-state index in [4.69, 9.17) is 4.55 Å². The molecule has 0 amide bonds. The van der Waals surface area contributed by atoms with Crippen LogP contribution in [-0.2, 0) is 10.1 Å². The Balaban J connectivity index is 0.00000169. The zero-order valence-electron chi connectivity index (χ0n) is 8.33. The molecule has 0 aromatic heterocycles. The summed E-state index contributed by atoms with van der Waals surface area (Å²) in [6.07, 6.45) is 0. The highest BCUT2D eigenvalue weighted by Gasteiger charge is 2.14. The van der Waals surface area contributed by atoms with Crippen LogP contribution in [0.4, 0.5) is 0 Å². The van der Waals surface area contributed by atoms with Crippen molar-refractivity contribution in [2.75, 3.05) is 0 Å². The maximum absolute atomic E-state index is 10.9. The fourth-order valence-corrected chi connectivity index (χ4v) is 1.99. The lowest BCUT2D eigenvalue weighted by Gasteiger charge is -2.07. The molecule has 1 aromatic rings. The van der Waals surface area contributed by atoms with Crippen molar-refractivity contribution < 1.29 is 18.4 Å². The summed E-state index contributed by atoms with van der Waals surface area (Å²) in [7, 11) is -4.07. The second-order valence-electron chi connectivity index (χ2n) is 3.11. The van der Waals surface area contributed by atoms with Crippen molar-refractivity contribution in [3.05, 3.63) is 28.8 Å². The largest absolute Gasteiger partial charge is 0.412 e. The van der Waals surface area contributed by atoms with E-state index in [-0.39, 0.29) is 10.4 Å². The maximum Gasteiger partial charge on any atom is 0.294 e. The van der Waals surface area contributed by atoms with E-state index < -0.39 is 10.1 Å². The minimum atomic E-state index is -4.07. The van der Waals surface area contributed by atoms with Gasteiger partial charge < -0.3 is 5.48 Å². The van der Waals surface area contributed by atoms with Crippen molar-refractivity contribution in [1.82, 2.24) is 0 Å². The Labute approximate surface area is 83.6 Å². The van der Waals surface area contributed by atoms with Gasteiger partial charge in [0.2, 0.25) is 0 Å². The van der Waals surface area contributed by atoms with Crippen molar-refractivity contribution in [2.24, 2.45) is 0 Å². The van der Waals surface area contributed by atoms with E-state index in [2.05, 4.69) is 0 Å². The van der Waals surface area contributed by atoms with Gasteiger partial charge >= 0.3 is 0 Å². The molecule has 0 aliphatic heterocycles. The lowest BCUT2D eigenvalue weighted by atomic mass is 10.1. The van der Waals surface area contributed by atoms with Crippen LogP contribution in [0.3, 0.4) is 0 Å². The summed E-state index contributed by atoms with van der Waals surface area (Å²) in [6, 6.07) is 3.11. The summed E-state index contributed by atoms with van der Waals surface area (Å²) in [5.74, 6) is 0. The quantitative estimate of drug-likeness (QED) is 0.714. The molecule has 0 atom stereocenters. The number of benzene rings is 1. The molecular weight excluding hydrogens is 204 g/mol. The van der Waals surface area contributed by atoms with Crippen LogP contribution in [0.2, 0.25) is 0 Å². The summed E-state index contributed by atoms with van der Waals surface area (Å²) < 4.78 is 30.6. The molecule has 0 bridgehead atoms. The Morgan fingerprint density at radius 1 is 1.07 bits per heavy atom. The Bertz CT molecular complexity index is 434. The summed E-state index contributed by atoms with van der Waals surface area (Å²) >= 11 is 0. The molecule has 0 fully saturated rings. The van der Waals surface area contributed by atoms with Crippen molar-refractivity contribution in [2.45, 2.75) is 25.7 Å².